The Bertz CT molecular complexity index is 501. The van der Waals surface area contributed by atoms with Gasteiger partial charge in [0.25, 0.3) is 5.91 Å². The fourth-order valence-corrected chi connectivity index (χ4v) is 3.00. The van der Waals surface area contributed by atoms with E-state index in [0.717, 1.165) is 32.6 Å². The van der Waals surface area contributed by atoms with E-state index in [-0.39, 0.29) is 0 Å². The van der Waals surface area contributed by atoms with Gasteiger partial charge in [0.2, 0.25) is 0 Å². The second kappa shape index (κ2) is 6.33. The SMILES string of the molecule is CN(CC1CCCOC1)c1c(Cl)cc(N)cc1C(N)=O. The number of rotatable bonds is 4. The number of halogens is 1. The van der Waals surface area contributed by atoms with Gasteiger partial charge in [0.15, 0.2) is 0 Å². The minimum absolute atomic E-state index is 0.356. The van der Waals surface area contributed by atoms with E-state index in [4.69, 9.17) is 27.8 Å². The quantitative estimate of drug-likeness (QED) is 0.832. The number of primary amides is 1. The zero-order chi connectivity index (χ0) is 14.7. The molecule has 1 atom stereocenters. The molecule has 0 radical (unpaired) electrons. The number of hydrogen-bond donors (Lipinski definition) is 2. The van der Waals surface area contributed by atoms with Gasteiger partial charge in [-0.25, -0.2) is 0 Å². The highest BCUT2D eigenvalue weighted by atomic mass is 35.5. The second-order valence-electron chi connectivity index (χ2n) is 5.23. The molecular formula is C14H20ClN3O2. The van der Waals surface area contributed by atoms with Crippen molar-refractivity contribution in [2.24, 2.45) is 11.7 Å². The third-order valence-corrected chi connectivity index (χ3v) is 3.81. The van der Waals surface area contributed by atoms with Crippen LogP contribution in [0.2, 0.25) is 5.02 Å². The molecule has 1 saturated heterocycles. The number of ether oxygens (including phenoxy) is 1. The predicted molar refractivity (Wildman–Crippen MR) is 81.2 cm³/mol. The van der Waals surface area contributed by atoms with Crippen LogP contribution in [-0.4, -0.2) is 32.7 Å². The van der Waals surface area contributed by atoms with Crippen molar-refractivity contribution < 1.29 is 9.53 Å². The van der Waals surface area contributed by atoms with E-state index in [1.165, 1.54) is 0 Å². The molecule has 110 valence electrons. The van der Waals surface area contributed by atoms with E-state index in [2.05, 4.69) is 0 Å². The van der Waals surface area contributed by atoms with Crippen molar-refractivity contribution >= 4 is 28.9 Å². The summed E-state index contributed by atoms with van der Waals surface area (Å²) in [4.78, 5) is 13.5. The Morgan fingerprint density at radius 1 is 1.55 bits per heavy atom. The van der Waals surface area contributed by atoms with Crippen LogP contribution in [-0.2, 0) is 4.74 Å². The number of carbonyl (C=O) groups excluding carboxylic acids is 1. The lowest BCUT2D eigenvalue weighted by atomic mass is 10.0. The summed E-state index contributed by atoms with van der Waals surface area (Å²) in [6.45, 7) is 2.34. The Labute approximate surface area is 123 Å². The van der Waals surface area contributed by atoms with E-state index >= 15 is 0 Å². The Morgan fingerprint density at radius 2 is 2.30 bits per heavy atom. The Kier molecular flexibility index (Phi) is 4.73. The first kappa shape index (κ1) is 14.9. The molecule has 20 heavy (non-hydrogen) atoms. The molecule has 1 aromatic rings. The first-order valence-electron chi connectivity index (χ1n) is 6.66. The predicted octanol–water partition coefficient (Wildman–Crippen LogP) is 1.88. The topological polar surface area (TPSA) is 81.6 Å². The van der Waals surface area contributed by atoms with Crippen LogP contribution < -0.4 is 16.4 Å². The molecule has 1 aromatic carbocycles. The van der Waals surface area contributed by atoms with Crippen LogP contribution >= 0.6 is 11.6 Å². The summed E-state index contributed by atoms with van der Waals surface area (Å²) in [5.41, 5.74) is 12.6. The van der Waals surface area contributed by atoms with Crippen molar-refractivity contribution in [3.05, 3.63) is 22.7 Å². The lowest BCUT2D eigenvalue weighted by Gasteiger charge is -2.30. The molecule has 1 fully saturated rings. The number of amides is 1. The van der Waals surface area contributed by atoms with Crippen molar-refractivity contribution in [2.45, 2.75) is 12.8 Å². The van der Waals surface area contributed by atoms with Crippen LogP contribution in [0.5, 0.6) is 0 Å². The van der Waals surface area contributed by atoms with E-state index in [1.807, 2.05) is 11.9 Å². The Balaban J connectivity index is 2.23. The van der Waals surface area contributed by atoms with E-state index in [0.29, 0.717) is 27.9 Å². The van der Waals surface area contributed by atoms with Crippen LogP contribution in [0, 0.1) is 5.92 Å². The number of anilines is 2. The number of benzene rings is 1. The average Bonchev–Trinajstić information content (AvgIpc) is 2.38. The van der Waals surface area contributed by atoms with Crippen molar-refractivity contribution in [2.75, 3.05) is 37.4 Å². The molecule has 0 bridgehead atoms. The van der Waals surface area contributed by atoms with Gasteiger partial charge < -0.3 is 21.1 Å². The van der Waals surface area contributed by atoms with Gasteiger partial charge in [0.05, 0.1) is 22.9 Å². The molecule has 5 nitrogen and oxygen atoms in total. The zero-order valence-corrected chi connectivity index (χ0v) is 12.3. The minimum Gasteiger partial charge on any atom is -0.399 e. The molecule has 0 saturated carbocycles. The molecule has 2 rings (SSSR count). The first-order chi connectivity index (χ1) is 9.49. The monoisotopic (exact) mass is 297 g/mol. The van der Waals surface area contributed by atoms with Gasteiger partial charge >= 0.3 is 0 Å². The van der Waals surface area contributed by atoms with E-state index in [9.17, 15) is 4.79 Å². The van der Waals surface area contributed by atoms with Gasteiger partial charge in [-0.05, 0) is 30.9 Å². The molecule has 0 spiro atoms. The minimum atomic E-state index is -0.527. The fourth-order valence-electron chi connectivity index (χ4n) is 2.63. The molecule has 1 aliphatic rings. The van der Waals surface area contributed by atoms with Crippen molar-refractivity contribution in [1.29, 1.82) is 0 Å². The number of nitrogens with two attached hydrogens (primary N) is 2. The molecule has 1 heterocycles. The molecule has 0 aliphatic carbocycles. The summed E-state index contributed by atoms with van der Waals surface area (Å²) in [5.74, 6) is -0.0935. The highest BCUT2D eigenvalue weighted by Gasteiger charge is 2.21. The molecule has 4 N–H and O–H groups in total. The molecule has 1 amide bonds. The third kappa shape index (κ3) is 3.35. The largest absolute Gasteiger partial charge is 0.399 e. The number of nitrogens with zero attached hydrogens (tertiary/aromatic N) is 1. The maximum Gasteiger partial charge on any atom is 0.250 e. The lowest BCUT2D eigenvalue weighted by Crippen LogP contribution is -2.32. The summed E-state index contributed by atoms with van der Waals surface area (Å²) < 4.78 is 5.47. The van der Waals surface area contributed by atoms with Crippen LogP contribution in [0.3, 0.4) is 0 Å². The molecule has 0 aromatic heterocycles. The summed E-state index contributed by atoms with van der Waals surface area (Å²) in [6, 6.07) is 3.20. The van der Waals surface area contributed by atoms with Crippen molar-refractivity contribution in [1.82, 2.24) is 0 Å². The van der Waals surface area contributed by atoms with Crippen LogP contribution in [0.4, 0.5) is 11.4 Å². The van der Waals surface area contributed by atoms with Crippen LogP contribution in [0.25, 0.3) is 0 Å². The maximum atomic E-state index is 11.6. The van der Waals surface area contributed by atoms with E-state index in [1.54, 1.807) is 12.1 Å². The van der Waals surface area contributed by atoms with Crippen molar-refractivity contribution in [3.8, 4) is 0 Å². The molecule has 1 aliphatic heterocycles. The standard InChI is InChI=1S/C14H20ClN3O2/c1-18(7-9-3-2-4-20-8-9)13-11(14(17)19)5-10(16)6-12(13)15/h5-6,9H,2-4,7-8,16H2,1H3,(H2,17,19). The number of nitrogen functional groups attached to an aromatic ring is 1. The maximum absolute atomic E-state index is 11.6. The molecule has 6 heteroatoms. The summed E-state index contributed by atoms with van der Waals surface area (Å²) >= 11 is 6.23. The van der Waals surface area contributed by atoms with Crippen LogP contribution in [0.1, 0.15) is 23.2 Å². The number of carbonyl (C=O) groups is 1. The second-order valence-corrected chi connectivity index (χ2v) is 5.63. The van der Waals surface area contributed by atoms with Gasteiger partial charge in [0, 0.05) is 25.9 Å². The summed E-state index contributed by atoms with van der Waals surface area (Å²) in [6.07, 6.45) is 2.18. The smallest absolute Gasteiger partial charge is 0.250 e. The first-order valence-corrected chi connectivity index (χ1v) is 7.04. The highest BCUT2D eigenvalue weighted by Crippen LogP contribution is 2.32. The lowest BCUT2D eigenvalue weighted by molar-refractivity contribution is 0.0576. The van der Waals surface area contributed by atoms with Gasteiger partial charge in [-0.15, -0.1) is 0 Å². The van der Waals surface area contributed by atoms with Crippen LogP contribution in [0.15, 0.2) is 12.1 Å². The van der Waals surface area contributed by atoms with E-state index < -0.39 is 5.91 Å². The van der Waals surface area contributed by atoms with Gasteiger partial charge in [-0.1, -0.05) is 11.6 Å². The molecular weight excluding hydrogens is 278 g/mol. The summed E-state index contributed by atoms with van der Waals surface area (Å²) in [7, 11) is 1.90. The average molecular weight is 298 g/mol. The van der Waals surface area contributed by atoms with Gasteiger partial charge in [-0.3, -0.25) is 4.79 Å². The Morgan fingerprint density at radius 3 is 2.90 bits per heavy atom. The van der Waals surface area contributed by atoms with Gasteiger partial charge in [0.1, 0.15) is 0 Å². The fraction of sp³-hybridized carbons (Fsp3) is 0.500. The van der Waals surface area contributed by atoms with Gasteiger partial charge in [-0.2, -0.15) is 0 Å². The third-order valence-electron chi connectivity index (χ3n) is 3.52. The molecule has 1 unspecified atom stereocenters. The summed E-state index contributed by atoms with van der Waals surface area (Å²) in [5, 5.41) is 0.443. The Hall–Kier alpha value is -1.46. The highest BCUT2D eigenvalue weighted by molar-refractivity contribution is 6.34. The zero-order valence-electron chi connectivity index (χ0n) is 11.6. The normalized spacial score (nSPS) is 18.8. The van der Waals surface area contributed by atoms with Crippen molar-refractivity contribution in [3.63, 3.8) is 0 Å². The number of hydrogen-bond acceptors (Lipinski definition) is 4.